The first-order valence-corrected chi connectivity index (χ1v) is 10.2. The van der Waals surface area contributed by atoms with Gasteiger partial charge in [-0.25, -0.2) is 4.79 Å². The van der Waals surface area contributed by atoms with Crippen LogP contribution in [0.1, 0.15) is 53.9 Å². The van der Waals surface area contributed by atoms with E-state index in [1.807, 2.05) is 13.8 Å². The molecule has 2 saturated heterocycles. The summed E-state index contributed by atoms with van der Waals surface area (Å²) in [6.45, 7) is 8.54. The van der Waals surface area contributed by atoms with E-state index in [2.05, 4.69) is 0 Å². The Morgan fingerprint density at radius 2 is 1.93 bits per heavy atom. The van der Waals surface area contributed by atoms with Crippen molar-refractivity contribution in [3.05, 3.63) is 11.1 Å². The second-order valence-electron chi connectivity index (χ2n) is 9.13. The van der Waals surface area contributed by atoms with Crippen molar-refractivity contribution < 1.29 is 38.1 Å². The van der Waals surface area contributed by atoms with E-state index in [0.29, 0.717) is 12.0 Å². The molecular formula is C21H28O8. The van der Waals surface area contributed by atoms with Crippen LogP contribution in [0.15, 0.2) is 11.1 Å². The SMILES string of the molecule is CC(=O)OCC1=C2C(OC(=O)C(C)C)CC3(C)OC3CCC3(C)OC3C2OC1=O. The number of fused-ring (bicyclic) bond motifs is 4. The smallest absolute Gasteiger partial charge is 0.338 e. The van der Waals surface area contributed by atoms with E-state index in [4.69, 9.17) is 23.7 Å². The molecule has 3 aliphatic heterocycles. The van der Waals surface area contributed by atoms with Gasteiger partial charge in [-0.2, -0.15) is 0 Å². The van der Waals surface area contributed by atoms with Gasteiger partial charge in [0, 0.05) is 18.9 Å². The summed E-state index contributed by atoms with van der Waals surface area (Å²) in [5.74, 6) is -1.77. The highest BCUT2D eigenvalue weighted by atomic mass is 16.7. The van der Waals surface area contributed by atoms with Gasteiger partial charge in [-0.3, -0.25) is 9.59 Å². The molecule has 4 rings (SSSR count). The molecule has 0 aromatic rings. The largest absolute Gasteiger partial charge is 0.461 e. The second kappa shape index (κ2) is 6.80. The number of ether oxygens (including phenoxy) is 5. The molecule has 3 fully saturated rings. The first-order valence-electron chi connectivity index (χ1n) is 10.2. The van der Waals surface area contributed by atoms with E-state index in [1.54, 1.807) is 13.8 Å². The molecule has 8 heteroatoms. The Labute approximate surface area is 169 Å². The van der Waals surface area contributed by atoms with Crippen molar-refractivity contribution >= 4 is 17.9 Å². The Hall–Kier alpha value is -1.93. The highest BCUT2D eigenvalue weighted by Gasteiger charge is 2.65. The predicted molar refractivity (Wildman–Crippen MR) is 98.7 cm³/mol. The van der Waals surface area contributed by atoms with Gasteiger partial charge in [0.05, 0.1) is 28.8 Å². The fourth-order valence-corrected chi connectivity index (χ4v) is 4.41. The monoisotopic (exact) mass is 408 g/mol. The summed E-state index contributed by atoms with van der Waals surface area (Å²) in [5, 5.41) is 0. The third-order valence-electron chi connectivity index (χ3n) is 6.38. The molecule has 3 heterocycles. The number of esters is 3. The van der Waals surface area contributed by atoms with E-state index < -0.39 is 35.3 Å². The maximum atomic E-state index is 12.7. The fraction of sp³-hybridized carbons (Fsp3) is 0.762. The second-order valence-corrected chi connectivity index (χ2v) is 9.13. The molecule has 0 N–H and O–H groups in total. The molecule has 160 valence electrons. The summed E-state index contributed by atoms with van der Waals surface area (Å²) < 4.78 is 28.5. The Balaban J connectivity index is 1.74. The van der Waals surface area contributed by atoms with Crippen molar-refractivity contribution in [2.75, 3.05) is 6.61 Å². The molecule has 0 aromatic carbocycles. The van der Waals surface area contributed by atoms with E-state index >= 15 is 0 Å². The lowest BCUT2D eigenvalue weighted by Crippen LogP contribution is -2.37. The zero-order chi connectivity index (χ0) is 21.1. The maximum absolute atomic E-state index is 12.7. The molecule has 6 unspecified atom stereocenters. The van der Waals surface area contributed by atoms with E-state index in [1.165, 1.54) is 6.92 Å². The van der Waals surface area contributed by atoms with E-state index in [-0.39, 0.29) is 36.3 Å². The lowest BCUT2D eigenvalue weighted by molar-refractivity contribution is -0.152. The molecule has 8 nitrogen and oxygen atoms in total. The number of rotatable bonds is 4. The van der Waals surface area contributed by atoms with Gasteiger partial charge >= 0.3 is 17.9 Å². The van der Waals surface area contributed by atoms with Crippen LogP contribution in [0.25, 0.3) is 0 Å². The average Bonchev–Trinajstić information content (AvgIpc) is 3.44. The molecule has 1 saturated carbocycles. The van der Waals surface area contributed by atoms with E-state index in [9.17, 15) is 14.4 Å². The van der Waals surface area contributed by atoms with Crippen LogP contribution in [0, 0.1) is 5.92 Å². The van der Waals surface area contributed by atoms with Crippen LogP contribution in [0.5, 0.6) is 0 Å². The molecule has 0 aromatic heterocycles. The van der Waals surface area contributed by atoms with Gasteiger partial charge in [0.25, 0.3) is 0 Å². The van der Waals surface area contributed by atoms with Crippen molar-refractivity contribution in [2.45, 2.75) is 89.5 Å². The quantitative estimate of drug-likeness (QED) is 0.394. The van der Waals surface area contributed by atoms with Crippen LogP contribution in [0.3, 0.4) is 0 Å². The van der Waals surface area contributed by atoms with Gasteiger partial charge in [0.1, 0.15) is 18.8 Å². The summed E-state index contributed by atoms with van der Waals surface area (Å²) in [5.41, 5.74) is -0.109. The summed E-state index contributed by atoms with van der Waals surface area (Å²) in [6, 6.07) is 0. The maximum Gasteiger partial charge on any atom is 0.338 e. The lowest BCUT2D eigenvalue weighted by Gasteiger charge is -2.26. The molecule has 0 spiro atoms. The van der Waals surface area contributed by atoms with Crippen molar-refractivity contribution in [3.63, 3.8) is 0 Å². The van der Waals surface area contributed by atoms with Gasteiger partial charge in [-0.1, -0.05) is 13.8 Å². The normalized spacial score (nSPS) is 40.4. The Morgan fingerprint density at radius 3 is 2.59 bits per heavy atom. The standard InChI is InChI=1S/C21H28O8/c1-10(2)18(23)26-13-8-21(5)14(28-21)6-7-20(4)17(29-20)16-15(13)12(19(24)27-16)9-25-11(3)22/h10,13-14,16-17H,6-9H2,1-5H3. The van der Waals surface area contributed by atoms with Gasteiger partial charge in [-0.15, -0.1) is 0 Å². The lowest BCUT2D eigenvalue weighted by atomic mass is 9.83. The molecule has 4 aliphatic rings. The Bertz CT molecular complexity index is 786. The van der Waals surface area contributed by atoms with Crippen molar-refractivity contribution in [3.8, 4) is 0 Å². The number of carbonyl (C=O) groups excluding carboxylic acids is 3. The minimum Gasteiger partial charge on any atom is -0.461 e. The molecule has 6 atom stereocenters. The summed E-state index contributed by atoms with van der Waals surface area (Å²) in [7, 11) is 0. The van der Waals surface area contributed by atoms with Gasteiger partial charge in [-0.05, 0) is 26.7 Å². The predicted octanol–water partition coefficient (Wildman–Crippen LogP) is 1.84. The highest BCUT2D eigenvalue weighted by Crippen LogP contribution is 2.54. The number of carbonyl (C=O) groups is 3. The first-order chi connectivity index (χ1) is 13.5. The Kier molecular flexibility index (Phi) is 4.77. The third kappa shape index (κ3) is 3.68. The van der Waals surface area contributed by atoms with Crippen LogP contribution < -0.4 is 0 Å². The molecule has 29 heavy (non-hydrogen) atoms. The highest BCUT2D eigenvalue weighted by molar-refractivity contribution is 5.93. The zero-order valence-electron chi connectivity index (χ0n) is 17.5. The molecular weight excluding hydrogens is 380 g/mol. The van der Waals surface area contributed by atoms with Crippen molar-refractivity contribution in [1.82, 2.24) is 0 Å². The van der Waals surface area contributed by atoms with Gasteiger partial charge in [0.15, 0.2) is 6.10 Å². The summed E-state index contributed by atoms with van der Waals surface area (Å²) in [6.07, 6.45) is 0.376. The minimum atomic E-state index is -0.714. The molecule has 0 bridgehead atoms. The van der Waals surface area contributed by atoms with Crippen molar-refractivity contribution in [2.24, 2.45) is 5.92 Å². The Morgan fingerprint density at radius 1 is 1.21 bits per heavy atom. The average molecular weight is 408 g/mol. The van der Waals surface area contributed by atoms with Crippen LogP contribution in [-0.2, 0) is 38.1 Å². The van der Waals surface area contributed by atoms with Crippen LogP contribution in [0.4, 0.5) is 0 Å². The fourth-order valence-electron chi connectivity index (χ4n) is 4.41. The minimum absolute atomic E-state index is 0.0523. The molecule has 1 aliphatic carbocycles. The molecule has 0 amide bonds. The number of hydrogen-bond acceptors (Lipinski definition) is 8. The summed E-state index contributed by atoms with van der Waals surface area (Å²) in [4.78, 5) is 36.5. The number of epoxide rings is 2. The van der Waals surface area contributed by atoms with Crippen LogP contribution in [0.2, 0.25) is 0 Å². The number of hydrogen-bond donors (Lipinski definition) is 0. The van der Waals surface area contributed by atoms with Gasteiger partial charge in [0.2, 0.25) is 0 Å². The van der Waals surface area contributed by atoms with Crippen molar-refractivity contribution in [1.29, 1.82) is 0 Å². The van der Waals surface area contributed by atoms with Gasteiger partial charge < -0.3 is 23.7 Å². The third-order valence-corrected chi connectivity index (χ3v) is 6.38. The first kappa shape index (κ1) is 20.3. The van der Waals surface area contributed by atoms with E-state index in [0.717, 1.165) is 12.8 Å². The van der Waals surface area contributed by atoms with Crippen LogP contribution >= 0.6 is 0 Å². The molecule has 0 radical (unpaired) electrons. The summed E-state index contributed by atoms with van der Waals surface area (Å²) >= 11 is 0. The zero-order valence-corrected chi connectivity index (χ0v) is 17.5. The topological polar surface area (TPSA) is 104 Å². The van der Waals surface area contributed by atoms with Crippen LogP contribution in [-0.4, -0.2) is 60.1 Å².